The topological polar surface area (TPSA) is 59.4 Å². The predicted molar refractivity (Wildman–Crippen MR) is 131 cm³/mol. The largest absolute Gasteiger partial charge is 0.369 e. The van der Waals surface area contributed by atoms with Crippen LogP contribution in [0.4, 0.5) is 10.1 Å². The summed E-state index contributed by atoms with van der Waals surface area (Å²) in [5.41, 5.74) is 0.312. The molecule has 1 saturated heterocycles. The summed E-state index contributed by atoms with van der Waals surface area (Å²) in [6.07, 6.45) is 5.18. The normalized spacial score (nSPS) is 17.0. The average molecular weight is 491 g/mol. The van der Waals surface area contributed by atoms with Gasteiger partial charge in [-0.1, -0.05) is 37.9 Å². The number of aromatic nitrogens is 1. The number of anilines is 1. The van der Waals surface area contributed by atoms with Crippen molar-refractivity contribution < 1.29 is 12.8 Å². The molecule has 5 nitrogen and oxygen atoms in total. The van der Waals surface area contributed by atoms with Gasteiger partial charge in [0.1, 0.15) is 10.7 Å². The van der Waals surface area contributed by atoms with Gasteiger partial charge in [-0.05, 0) is 55.5 Å². The maximum atomic E-state index is 15.2. The fourth-order valence-corrected chi connectivity index (χ4v) is 6.16. The Labute approximate surface area is 198 Å². The van der Waals surface area contributed by atoms with Gasteiger partial charge >= 0.3 is 0 Å². The van der Waals surface area contributed by atoms with Crippen molar-refractivity contribution in [3.05, 3.63) is 63.7 Å². The molecule has 8 heteroatoms. The number of rotatable bonds is 6. The molecule has 2 aromatic carbocycles. The number of aryl methyl sites for hydroxylation is 1. The second-order valence-electron chi connectivity index (χ2n) is 8.84. The predicted octanol–water partition coefficient (Wildman–Crippen LogP) is 5.66. The summed E-state index contributed by atoms with van der Waals surface area (Å²) in [4.78, 5) is 14.9. The van der Waals surface area contributed by atoms with Gasteiger partial charge in [-0.25, -0.2) is 12.8 Å². The Balaban J connectivity index is 1.93. The molecule has 1 atom stereocenters. The molecule has 1 aliphatic rings. The minimum Gasteiger partial charge on any atom is -0.369 e. The summed E-state index contributed by atoms with van der Waals surface area (Å²) in [5, 5.41) is 0.329. The highest BCUT2D eigenvalue weighted by atomic mass is 35.5. The third-order valence-electron chi connectivity index (χ3n) is 6.26. The van der Waals surface area contributed by atoms with Crippen LogP contribution >= 0.6 is 11.6 Å². The number of halogens is 2. The standard InChI is InChI=1S/C25H28ClFN2O3S/c1-3-4-10-29-16-24(33(31,32)19-9-5-8-18(26)12-19)25(30)20-13-21(27)23(14-22(20)29)28-11-6-7-17(2)15-28/h5,8-9,12-14,16-17H,3-4,6-7,10-11,15H2,1-2H3. The lowest BCUT2D eigenvalue weighted by molar-refractivity contribution is 0.442. The number of hydrogen-bond donors (Lipinski definition) is 0. The third kappa shape index (κ3) is 4.66. The molecule has 33 heavy (non-hydrogen) atoms. The summed E-state index contributed by atoms with van der Waals surface area (Å²) >= 11 is 5.99. The zero-order valence-electron chi connectivity index (χ0n) is 18.9. The van der Waals surface area contributed by atoms with Crippen molar-refractivity contribution in [3.63, 3.8) is 0 Å². The van der Waals surface area contributed by atoms with Crippen molar-refractivity contribution >= 4 is 38.0 Å². The van der Waals surface area contributed by atoms with Gasteiger partial charge < -0.3 is 9.47 Å². The van der Waals surface area contributed by atoms with E-state index >= 15 is 4.39 Å². The summed E-state index contributed by atoms with van der Waals surface area (Å²) in [5.74, 6) is -0.0469. The van der Waals surface area contributed by atoms with Gasteiger partial charge in [0.15, 0.2) is 0 Å². The van der Waals surface area contributed by atoms with E-state index in [0.717, 1.165) is 38.8 Å². The first-order chi connectivity index (χ1) is 15.7. The monoisotopic (exact) mass is 490 g/mol. The van der Waals surface area contributed by atoms with Crippen molar-refractivity contribution in [2.24, 2.45) is 5.92 Å². The average Bonchev–Trinajstić information content (AvgIpc) is 2.78. The molecule has 0 bridgehead atoms. The molecule has 1 aromatic heterocycles. The Morgan fingerprint density at radius 1 is 1.21 bits per heavy atom. The Hall–Kier alpha value is -2.38. The van der Waals surface area contributed by atoms with E-state index in [1.54, 1.807) is 16.7 Å². The quantitative estimate of drug-likeness (QED) is 0.447. The smallest absolute Gasteiger partial charge is 0.211 e. The maximum absolute atomic E-state index is 15.2. The molecule has 0 aliphatic carbocycles. The van der Waals surface area contributed by atoms with E-state index in [-0.39, 0.29) is 20.2 Å². The Kier molecular flexibility index (Phi) is 6.82. The van der Waals surface area contributed by atoms with Crippen LogP contribution in [0, 0.1) is 11.7 Å². The van der Waals surface area contributed by atoms with Crippen LogP contribution in [-0.2, 0) is 16.4 Å². The van der Waals surface area contributed by atoms with Crippen LogP contribution in [-0.4, -0.2) is 26.1 Å². The molecule has 1 aliphatic heterocycles. The summed E-state index contributed by atoms with van der Waals surface area (Å²) in [7, 11) is -4.13. The van der Waals surface area contributed by atoms with Crippen LogP contribution < -0.4 is 10.3 Å². The van der Waals surface area contributed by atoms with Crippen LogP contribution in [0.25, 0.3) is 10.9 Å². The van der Waals surface area contributed by atoms with Gasteiger partial charge in [-0.3, -0.25) is 4.79 Å². The first kappa shape index (κ1) is 23.8. The molecule has 1 unspecified atom stereocenters. The van der Waals surface area contributed by atoms with E-state index in [0.29, 0.717) is 23.7 Å². The van der Waals surface area contributed by atoms with E-state index in [9.17, 15) is 13.2 Å². The summed E-state index contributed by atoms with van der Waals surface area (Å²) < 4.78 is 43.7. The summed E-state index contributed by atoms with van der Waals surface area (Å²) in [6, 6.07) is 8.72. The number of sulfone groups is 1. The molecule has 0 saturated carbocycles. The highest BCUT2D eigenvalue weighted by Crippen LogP contribution is 2.30. The van der Waals surface area contributed by atoms with E-state index in [1.807, 2.05) is 11.8 Å². The zero-order valence-corrected chi connectivity index (χ0v) is 20.4. The van der Waals surface area contributed by atoms with E-state index in [1.165, 1.54) is 30.5 Å². The molecule has 3 aromatic rings. The highest BCUT2D eigenvalue weighted by Gasteiger charge is 2.26. The fourth-order valence-electron chi connectivity index (χ4n) is 4.49. The first-order valence-corrected chi connectivity index (χ1v) is 13.2. The Bertz CT molecular complexity index is 1350. The van der Waals surface area contributed by atoms with Crippen LogP contribution in [0.5, 0.6) is 0 Å². The SMILES string of the molecule is CCCCn1cc(S(=O)(=O)c2cccc(Cl)c2)c(=O)c2cc(F)c(N3CCCC(C)C3)cc21. The van der Waals surface area contributed by atoms with Crippen LogP contribution in [0.15, 0.2) is 57.2 Å². The van der Waals surface area contributed by atoms with Gasteiger partial charge in [-0.2, -0.15) is 0 Å². The number of benzene rings is 2. The van der Waals surface area contributed by atoms with Crippen LogP contribution in [0.2, 0.25) is 5.02 Å². The Morgan fingerprint density at radius 2 is 2.00 bits per heavy atom. The zero-order chi connectivity index (χ0) is 23.8. The lowest BCUT2D eigenvalue weighted by Gasteiger charge is -2.33. The lowest BCUT2D eigenvalue weighted by atomic mass is 9.99. The van der Waals surface area contributed by atoms with Crippen LogP contribution in [0.1, 0.15) is 39.5 Å². The number of unbranched alkanes of at least 4 members (excludes halogenated alkanes) is 1. The van der Waals surface area contributed by atoms with Gasteiger partial charge in [0.05, 0.1) is 21.5 Å². The molecular formula is C25H28ClFN2O3S. The maximum Gasteiger partial charge on any atom is 0.211 e. The molecule has 0 radical (unpaired) electrons. The van der Waals surface area contributed by atoms with Crippen molar-refractivity contribution in [2.45, 2.75) is 55.9 Å². The van der Waals surface area contributed by atoms with Gasteiger partial charge in [0.25, 0.3) is 0 Å². The van der Waals surface area contributed by atoms with E-state index in [4.69, 9.17) is 11.6 Å². The third-order valence-corrected chi connectivity index (χ3v) is 8.24. The van der Waals surface area contributed by atoms with E-state index < -0.39 is 21.1 Å². The first-order valence-electron chi connectivity index (χ1n) is 11.3. The number of piperidine rings is 1. The Morgan fingerprint density at radius 3 is 2.70 bits per heavy atom. The molecule has 0 spiro atoms. The lowest BCUT2D eigenvalue weighted by Crippen LogP contribution is -2.35. The molecule has 0 amide bonds. The molecular weight excluding hydrogens is 463 g/mol. The van der Waals surface area contributed by atoms with Crippen molar-refractivity contribution in [1.29, 1.82) is 0 Å². The number of fused-ring (bicyclic) bond motifs is 1. The van der Waals surface area contributed by atoms with Gasteiger partial charge in [-0.15, -0.1) is 0 Å². The second-order valence-corrected chi connectivity index (χ2v) is 11.2. The molecule has 4 rings (SSSR count). The van der Waals surface area contributed by atoms with Gasteiger partial charge in [0.2, 0.25) is 15.3 Å². The number of pyridine rings is 1. The van der Waals surface area contributed by atoms with Crippen molar-refractivity contribution in [1.82, 2.24) is 4.57 Å². The van der Waals surface area contributed by atoms with E-state index in [2.05, 4.69) is 6.92 Å². The van der Waals surface area contributed by atoms with Crippen molar-refractivity contribution in [3.8, 4) is 0 Å². The molecule has 1 fully saturated rings. The molecule has 176 valence electrons. The minimum absolute atomic E-state index is 0.0621. The van der Waals surface area contributed by atoms with Gasteiger partial charge in [0, 0.05) is 30.9 Å². The minimum atomic E-state index is -4.13. The highest BCUT2D eigenvalue weighted by molar-refractivity contribution is 7.91. The molecule has 2 heterocycles. The van der Waals surface area contributed by atoms with Crippen molar-refractivity contribution in [2.75, 3.05) is 18.0 Å². The number of hydrogen-bond acceptors (Lipinski definition) is 4. The number of nitrogens with zero attached hydrogens (tertiary/aromatic N) is 2. The molecule has 0 N–H and O–H groups in total. The fraction of sp³-hybridized carbons (Fsp3) is 0.400. The van der Waals surface area contributed by atoms with Crippen LogP contribution in [0.3, 0.4) is 0 Å². The summed E-state index contributed by atoms with van der Waals surface area (Å²) in [6.45, 7) is 6.21. The second kappa shape index (κ2) is 9.47.